The molecule has 2 rings (SSSR count). The van der Waals surface area contributed by atoms with E-state index in [1.165, 1.54) is 18.3 Å². The zero-order chi connectivity index (χ0) is 21.3. The van der Waals surface area contributed by atoms with E-state index in [-0.39, 0.29) is 17.9 Å². The highest BCUT2D eigenvalue weighted by atomic mass is 19.4. The fourth-order valence-corrected chi connectivity index (χ4v) is 2.19. The molecule has 1 amide bonds. The number of nitriles is 1. The minimum atomic E-state index is -4.53. The first-order valence-corrected chi connectivity index (χ1v) is 8.42. The number of nitrogens with zero attached hydrogens (tertiary/aromatic N) is 1. The van der Waals surface area contributed by atoms with Crippen molar-refractivity contribution in [2.75, 3.05) is 25.6 Å². The van der Waals surface area contributed by atoms with Crippen molar-refractivity contribution >= 4 is 11.6 Å². The molecule has 152 valence electrons. The molecule has 0 atom stereocenters. The molecule has 2 N–H and O–H groups in total. The van der Waals surface area contributed by atoms with Crippen LogP contribution in [0.5, 0.6) is 11.5 Å². The van der Waals surface area contributed by atoms with Gasteiger partial charge in [-0.25, -0.2) is 0 Å². The molecule has 0 aliphatic heterocycles. The lowest BCUT2D eigenvalue weighted by Gasteiger charge is -2.10. The zero-order valence-electron chi connectivity index (χ0n) is 15.4. The molecule has 0 aromatic heterocycles. The zero-order valence-corrected chi connectivity index (χ0v) is 15.4. The van der Waals surface area contributed by atoms with Gasteiger partial charge < -0.3 is 20.1 Å². The smallest absolute Gasteiger partial charge is 0.416 e. The predicted molar refractivity (Wildman–Crippen MR) is 100 cm³/mol. The van der Waals surface area contributed by atoms with E-state index in [0.717, 1.165) is 12.1 Å². The van der Waals surface area contributed by atoms with Gasteiger partial charge in [0.05, 0.1) is 12.7 Å². The van der Waals surface area contributed by atoms with E-state index in [9.17, 15) is 18.0 Å². The summed E-state index contributed by atoms with van der Waals surface area (Å²) in [6.07, 6.45) is -3.35. The molecular formula is C20H18F3N3O3. The molecule has 0 aliphatic carbocycles. The van der Waals surface area contributed by atoms with Gasteiger partial charge in [0.1, 0.15) is 29.7 Å². The van der Waals surface area contributed by atoms with Crippen LogP contribution >= 0.6 is 0 Å². The lowest BCUT2D eigenvalue weighted by Crippen LogP contribution is -2.20. The fraction of sp³-hybridized carbons (Fsp3) is 0.200. The van der Waals surface area contributed by atoms with Crippen molar-refractivity contribution in [3.8, 4) is 17.6 Å². The molecule has 0 fully saturated rings. The Labute approximate surface area is 165 Å². The van der Waals surface area contributed by atoms with E-state index >= 15 is 0 Å². The fourth-order valence-electron chi connectivity index (χ4n) is 2.19. The number of benzene rings is 2. The molecular weight excluding hydrogens is 387 g/mol. The third-order valence-corrected chi connectivity index (χ3v) is 3.63. The number of anilines is 1. The van der Waals surface area contributed by atoms with Crippen LogP contribution in [0.15, 0.2) is 60.3 Å². The third-order valence-electron chi connectivity index (χ3n) is 3.63. The Morgan fingerprint density at radius 2 is 1.86 bits per heavy atom. The van der Waals surface area contributed by atoms with Crippen molar-refractivity contribution in [3.63, 3.8) is 0 Å². The molecule has 0 unspecified atom stereocenters. The highest BCUT2D eigenvalue weighted by Crippen LogP contribution is 2.30. The van der Waals surface area contributed by atoms with Gasteiger partial charge in [-0.05, 0) is 42.5 Å². The Balaban J connectivity index is 1.85. The lowest BCUT2D eigenvalue weighted by atomic mass is 10.2. The summed E-state index contributed by atoms with van der Waals surface area (Å²) in [4.78, 5) is 12.1. The van der Waals surface area contributed by atoms with E-state index in [4.69, 9.17) is 14.7 Å². The van der Waals surface area contributed by atoms with Crippen LogP contribution in [0.2, 0.25) is 0 Å². The number of nitrogens with one attached hydrogen (secondary N) is 2. The highest BCUT2D eigenvalue weighted by molar-refractivity contribution is 6.06. The Morgan fingerprint density at radius 3 is 2.48 bits per heavy atom. The average molecular weight is 405 g/mol. The lowest BCUT2D eigenvalue weighted by molar-refractivity contribution is -0.137. The van der Waals surface area contributed by atoms with Crippen LogP contribution in [-0.4, -0.2) is 26.2 Å². The normalized spacial score (nSPS) is 11.3. The summed E-state index contributed by atoms with van der Waals surface area (Å²) in [5.74, 6) is 0.499. The monoisotopic (exact) mass is 405 g/mol. The summed E-state index contributed by atoms with van der Waals surface area (Å²) in [7, 11) is 1.56. The van der Waals surface area contributed by atoms with Gasteiger partial charge in [0.25, 0.3) is 5.91 Å². The van der Waals surface area contributed by atoms with E-state index in [2.05, 4.69) is 10.6 Å². The van der Waals surface area contributed by atoms with Crippen LogP contribution in [0.4, 0.5) is 18.9 Å². The van der Waals surface area contributed by atoms with Crippen LogP contribution < -0.4 is 20.1 Å². The minimum absolute atomic E-state index is 0.0613. The SMILES string of the molecule is COc1ccc(OCCN/C=C(/C#N)C(=O)Nc2cccc(C(F)(F)F)c2)cc1. The average Bonchev–Trinajstić information content (AvgIpc) is 2.70. The minimum Gasteiger partial charge on any atom is -0.497 e. The first-order valence-electron chi connectivity index (χ1n) is 8.42. The highest BCUT2D eigenvalue weighted by Gasteiger charge is 2.30. The van der Waals surface area contributed by atoms with Crippen LogP contribution in [0.1, 0.15) is 5.56 Å². The molecule has 0 radical (unpaired) electrons. The summed E-state index contributed by atoms with van der Waals surface area (Å²) in [6, 6.07) is 12.8. The van der Waals surface area contributed by atoms with Gasteiger partial charge in [0.15, 0.2) is 0 Å². The van der Waals surface area contributed by atoms with E-state index in [1.807, 2.05) is 0 Å². The summed E-state index contributed by atoms with van der Waals surface area (Å²) < 4.78 is 48.7. The maximum atomic E-state index is 12.7. The topological polar surface area (TPSA) is 83.4 Å². The summed E-state index contributed by atoms with van der Waals surface area (Å²) >= 11 is 0. The van der Waals surface area contributed by atoms with Gasteiger partial charge in [-0.15, -0.1) is 0 Å². The molecule has 0 saturated carbocycles. The largest absolute Gasteiger partial charge is 0.497 e. The number of alkyl halides is 3. The van der Waals surface area contributed by atoms with Gasteiger partial charge in [-0.2, -0.15) is 18.4 Å². The molecule has 0 aliphatic rings. The number of amides is 1. The summed E-state index contributed by atoms with van der Waals surface area (Å²) in [5.41, 5.74) is -1.24. The molecule has 0 spiro atoms. The quantitative estimate of drug-likeness (QED) is 0.397. The van der Waals surface area contributed by atoms with Crippen LogP contribution in [0, 0.1) is 11.3 Å². The molecule has 9 heteroatoms. The number of carbonyl (C=O) groups is 1. The maximum absolute atomic E-state index is 12.7. The van der Waals surface area contributed by atoms with Crippen molar-refractivity contribution < 1.29 is 27.4 Å². The van der Waals surface area contributed by atoms with Crippen LogP contribution in [-0.2, 0) is 11.0 Å². The Bertz CT molecular complexity index is 904. The molecule has 0 heterocycles. The second-order valence-corrected chi connectivity index (χ2v) is 5.68. The van der Waals surface area contributed by atoms with E-state index < -0.39 is 17.6 Å². The van der Waals surface area contributed by atoms with E-state index in [1.54, 1.807) is 37.4 Å². The molecule has 2 aromatic carbocycles. The van der Waals surface area contributed by atoms with Crippen LogP contribution in [0.3, 0.4) is 0 Å². The van der Waals surface area contributed by atoms with Gasteiger partial charge in [0, 0.05) is 18.4 Å². The summed E-state index contributed by atoms with van der Waals surface area (Å²) in [6.45, 7) is 0.560. The third kappa shape index (κ3) is 6.77. The maximum Gasteiger partial charge on any atom is 0.416 e. The predicted octanol–water partition coefficient (Wildman–Crippen LogP) is 3.73. The Kier molecular flexibility index (Phi) is 7.48. The van der Waals surface area contributed by atoms with Gasteiger partial charge in [-0.1, -0.05) is 6.07 Å². The van der Waals surface area contributed by atoms with Gasteiger partial charge in [-0.3, -0.25) is 4.79 Å². The van der Waals surface area contributed by atoms with E-state index in [0.29, 0.717) is 18.0 Å². The van der Waals surface area contributed by atoms with Crippen molar-refractivity contribution in [2.45, 2.75) is 6.18 Å². The Hall–Kier alpha value is -3.67. The van der Waals surface area contributed by atoms with Gasteiger partial charge >= 0.3 is 6.18 Å². The molecule has 0 bridgehead atoms. The number of hydrogen-bond donors (Lipinski definition) is 2. The molecule has 29 heavy (non-hydrogen) atoms. The summed E-state index contributed by atoms with van der Waals surface area (Å²) in [5, 5.41) is 14.1. The number of halogens is 3. The molecule has 2 aromatic rings. The van der Waals surface area contributed by atoms with Crippen molar-refractivity contribution in [1.82, 2.24) is 5.32 Å². The number of hydrogen-bond acceptors (Lipinski definition) is 5. The number of ether oxygens (including phenoxy) is 2. The van der Waals surface area contributed by atoms with Crippen molar-refractivity contribution in [1.29, 1.82) is 5.26 Å². The van der Waals surface area contributed by atoms with Crippen molar-refractivity contribution in [2.24, 2.45) is 0 Å². The van der Waals surface area contributed by atoms with Crippen LogP contribution in [0.25, 0.3) is 0 Å². The first-order chi connectivity index (χ1) is 13.8. The second kappa shape index (κ2) is 10.0. The standard InChI is InChI=1S/C20H18F3N3O3/c1-28-17-5-7-18(8-6-17)29-10-9-25-13-14(12-24)19(27)26-16-4-2-3-15(11-16)20(21,22)23/h2-8,11,13,25H,9-10H2,1H3,(H,26,27)/b14-13-. The van der Waals surface area contributed by atoms with Crippen molar-refractivity contribution in [3.05, 3.63) is 65.9 Å². The second-order valence-electron chi connectivity index (χ2n) is 5.68. The molecule has 0 saturated heterocycles. The number of methoxy groups -OCH3 is 1. The molecule has 6 nitrogen and oxygen atoms in total. The Morgan fingerprint density at radius 1 is 1.17 bits per heavy atom. The number of carbonyl (C=O) groups excluding carboxylic acids is 1. The number of rotatable bonds is 8. The van der Waals surface area contributed by atoms with Gasteiger partial charge in [0.2, 0.25) is 0 Å². The first kappa shape index (κ1) is 21.6.